The molecule has 0 aliphatic heterocycles. The van der Waals surface area contributed by atoms with E-state index in [1.807, 2.05) is 0 Å². The van der Waals surface area contributed by atoms with Crippen LogP contribution in [0.15, 0.2) is 60.7 Å². The molecule has 2 aliphatic rings. The van der Waals surface area contributed by atoms with Crippen molar-refractivity contribution in [2.75, 3.05) is 0 Å². The van der Waals surface area contributed by atoms with Crippen molar-refractivity contribution < 1.29 is 0 Å². The minimum Gasteiger partial charge on any atom is -0.328 e. The fraction of sp³-hybridized carbons (Fsp3) is 0.500. The molecule has 0 amide bonds. The molecule has 0 spiro atoms. The van der Waals surface area contributed by atoms with Crippen LogP contribution < -0.4 is 21.8 Å². The maximum absolute atomic E-state index is 6.31. The Labute approximate surface area is 165 Å². The zero-order valence-electron chi connectivity index (χ0n) is 16.4. The fourth-order valence-electron chi connectivity index (χ4n) is 6.02. The molecule has 2 aromatic carbocycles. The second kappa shape index (κ2) is 8.30. The lowest BCUT2D eigenvalue weighted by Crippen LogP contribution is -2.66. The average Bonchev–Trinajstić information content (AvgIpc) is 2.73. The Morgan fingerprint density at radius 2 is 0.852 bits per heavy atom. The van der Waals surface area contributed by atoms with Gasteiger partial charge in [-0.15, -0.1) is 0 Å². The molecule has 27 heavy (non-hydrogen) atoms. The normalized spacial score (nSPS) is 29.4. The predicted octanol–water partition coefficient (Wildman–Crippen LogP) is 3.79. The molecule has 144 valence electrons. The summed E-state index contributed by atoms with van der Waals surface area (Å²) in [6, 6.07) is 23.9. The van der Waals surface area contributed by atoms with Crippen molar-refractivity contribution in [2.24, 2.45) is 11.5 Å². The maximum Gasteiger partial charge on any atom is 0.124 e. The van der Waals surface area contributed by atoms with Crippen LogP contribution in [0.25, 0.3) is 0 Å². The van der Waals surface area contributed by atoms with Gasteiger partial charge < -0.3 is 11.5 Å². The van der Waals surface area contributed by atoms with Gasteiger partial charge in [0.15, 0.2) is 0 Å². The van der Waals surface area contributed by atoms with Gasteiger partial charge in [0.1, 0.15) is 8.07 Å². The molecule has 0 atom stereocenters. The Balaban J connectivity index is 1.85. The van der Waals surface area contributed by atoms with E-state index in [4.69, 9.17) is 11.5 Å². The topological polar surface area (TPSA) is 52.0 Å². The van der Waals surface area contributed by atoms with Gasteiger partial charge in [-0.1, -0.05) is 96.7 Å². The summed E-state index contributed by atoms with van der Waals surface area (Å²) in [4.78, 5) is 0. The number of hydrogen-bond donors (Lipinski definition) is 2. The fourth-order valence-corrected chi connectivity index (χ4v) is 12.9. The number of benzene rings is 2. The molecule has 2 aromatic rings. The second-order valence-electron chi connectivity index (χ2n) is 8.82. The standard InChI is InChI=1S/C24H34N2Si/c25-19-11-15-23(16-12-19)27(21-7-3-1-4-8-21,22-9-5-2-6-10-22)24-17-13-20(26)14-18-24/h1-10,19-20,23-24H,11-18,25-26H2. The maximum atomic E-state index is 6.31. The first-order valence-corrected chi connectivity index (χ1v) is 13.0. The van der Waals surface area contributed by atoms with Crippen molar-refractivity contribution in [3.05, 3.63) is 60.7 Å². The van der Waals surface area contributed by atoms with Crippen molar-refractivity contribution in [3.63, 3.8) is 0 Å². The highest BCUT2D eigenvalue weighted by atomic mass is 28.3. The Morgan fingerprint density at radius 3 is 1.19 bits per heavy atom. The average molecular weight is 379 g/mol. The molecule has 0 saturated heterocycles. The molecule has 0 aromatic heterocycles. The van der Waals surface area contributed by atoms with Crippen LogP contribution in [0.4, 0.5) is 0 Å². The first kappa shape index (κ1) is 18.9. The van der Waals surface area contributed by atoms with Crippen molar-refractivity contribution in [2.45, 2.75) is 74.5 Å². The Morgan fingerprint density at radius 1 is 0.519 bits per heavy atom. The van der Waals surface area contributed by atoms with Crippen LogP contribution in [0.1, 0.15) is 51.4 Å². The summed E-state index contributed by atoms with van der Waals surface area (Å²) in [6.45, 7) is 0. The smallest absolute Gasteiger partial charge is 0.124 e. The summed E-state index contributed by atoms with van der Waals surface area (Å²) < 4.78 is 0. The highest BCUT2D eigenvalue weighted by Gasteiger charge is 2.51. The van der Waals surface area contributed by atoms with E-state index in [1.165, 1.54) is 51.4 Å². The Hall–Kier alpha value is -1.42. The molecule has 0 bridgehead atoms. The van der Waals surface area contributed by atoms with Crippen molar-refractivity contribution >= 4 is 18.4 Å². The lowest BCUT2D eigenvalue weighted by atomic mass is 9.95. The minimum atomic E-state index is -1.92. The Bertz CT molecular complexity index is 638. The first-order valence-electron chi connectivity index (χ1n) is 10.8. The van der Waals surface area contributed by atoms with Crippen molar-refractivity contribution in [1.82, 2.24) is 0 Å². The number of rotatable bonds is 4. The third-order valence-corrected chi connectivity index (χ3v) is 13.6. The van der Waals surface area contributed by atoms with Gasteiger partial charge >= 0.3 is 0 Å². The van der Waals surface area contributed by atoms with Crippen LogP contribution in [-0.2, 0) is 0 Å². The predicted molar refractivity (Wildman–Crippen MR) is 118 cm³/mol. The summed E-state index contributed by atoms with van der Waals surface area (Å²) in [6.07, 6.45) is 9.91. The van der Waals surface area contributed by atoms with E-state index >= 15 is 0 Å². The molecule has 2 saturated carbocycles. The first-order chi connectivity index (χ1) is 13.2. The van der Waals surface area contributed by atoms with Gasteiger partial charge in [0, 0.05) is 12.1 Å². The number of nitrogens with two attached hydrogens (primary N) is 2. The van der Waals surface area contributed by atoms with E-state index in [1.54, 1.807) is 10.4 Å². The molecule has 2 aliphatic carbocycles. The lowest BCUT2D eigenvalue weighted by Gasteiger charge is -2.49. The zero-order chi connectivity index (χ0) is 18.7. The van der Waals surface area contributed by atoms with Crippen LogP contribution in [0.3, 0.4) is 0 Å². The monoisotopic (exact) mass is 378 g/mol. The highest BCUT2D eigenvalue weighted by molar-refractivity contribution is 7.04. The van der Waals surface area contributed by atoms with E-state index in [0.29, 0.717) is 12.1 Å². The van der Waals surface area contributed by atoms with Crippen LogP contribution in [0.5, 0.6) is 0 Å². The summed E-state index contributed by atoms with van der Waals surface area (Å²) in [5.74, 6) is 0. The number of hydrogen-bond acceptors (Lipinski definition) is 2. The molecule has 2 nitrogen and oxygen atoms in total. The molecule has 3 heteroatoms. The van der Waals surface area contributed by atoms with Gasteiger partial charge in [-0.05, 0) is 36.8 Å². The van der Waals surface area contributed by atoms with Gasteiger partial charge in [-0.25, -0.2) is 0 Å². The van der Waals surface area contributed by atoms with Gasteiger partial charge in [0.05, 0.1) is 0 Å². The zero-order valence-corrected chi connectivity index (χ0v) is 17.4. The van der Waals surface area contributed by atoms with Crippen molar-refractivity contribution in [1.29, 1.82) is 0 Å². The van der Waals surface area contributed by atoms with E-state index in [2.05, 4.69) is 60.7 Å². The van der Waals surface area contributed by atoms with E-state index in [0.717, 1.165) is 11.1 Å². The minimum absolute atomic E-state index is 0.402. The third kappa shape index (κ3) is 3.65. The molecule has 4 N–H and O–H groups in total. The molecular formula is C24H34N2Si. The lowest BCUT2D eigenvalue weighted by molar-refractivity contribution is 0.407. The third-order valence-electron chi connectivity index (χ3n) is 7.33. The van der Waals surface area contributed by atoms with E-state index in [9.17, 15) is 0 Å². The van der Waals surface area contributed by atoms with Crippen molar-refractivity contribution in [3.8, 4) is 0 Å². The highest BCUT2D eigenvalue weighted by Crippen LogP contribution is 2.47. The van der Waals surface area contributed by atoms with Crippen LogP contribution >= 0.6 is 0 Å². The van der Waals surface area contributed by atoms with E-state index < -0.39 is 8.07 Å². The summed E-state index contributed by atoms with van der Waals surface area (Å²) in [7, 11) is -1.92. The summed E-state index contributed by atoms with van der Waals surface area (Å²) >= 11 is 0. The van der Waals surface area contributed by atoms with Gasteiger partial charge in [0.25, 0.3) is 0 Å². The van der Waals surface area contributed by atoms with E-state index in [-0.39, 0.29) is 0 Å². The quantitative estimate of drug-likeness (QED) is 0.795. The molecule has 0 heterocycles. The van der Waals surface area contributed by atoms with Crippen LogP contribution in [0.2, 0.25) is 11.1 Å². The molecule has 0 radical (unpaired) electrons. The van der Waals surface area contributed by atoms with Gasteiger partial charge in [-0.3, -0.25) is 0 Å². The molecule has 4 rings (SSSR count). The summed E-state index contributed by atoms with van der Waals surface area (Å²) in [5.41, 5.74) is 14.2. The van der Waals surface area contributed by atoms with Crippen LogP contribution in [0, 0.1) is 0 Å². The molecule has 2 fully saturated rings. The van der Waals surface area contributed by atoms with Gasteiger partial charge in [-0.2, -0.15) is 0 Å². The molecular weight excluding hydrogens is 344 g/mol. The SMILES string of the molecule is NC1CCC([Si](c2ccccc2)(c2ccccc2)C2CCC(N)CC2)CC1. The largest absolute Gasteiger partial charge is 0.328 e. The molecule has 0 unspecified atom stereocenters. The Kier molecular flexibility index (Phi) is 5.81. The van der Waals surface area contributed by atoms with Crippen LogP contribution in [-0.4, -0.2) is 20.2 Å². The second-order valence-corrected chi connectivity index (χ2v) is 13.4. The van der Waals surface area contributed by atoms with Gasteiger partial charge in [0.2, 0.25) is 0 Å². The summed E-state index contributed by atoms with van der Waals surface area (Å²) in [5, 5.41) is 3.27.